The van der Waals surface area contributed by atoms with Crippen LogP contribution in [0.4, 0.5) is 8.78 Å². The van der Waals surface area contributed by atoms with Crippen LogP contribution in [0.1, 0.15) is 22.5 Å². The van der Waals surface area contributed by atoms with Crippen LogP contribution in [-0.2, 0) is 13.0 Å². The first kappa shape index (κ1) is 14.9. The first-order valence-electron chi connectivity index (χ1n) is 7.08. The van der Waals surface area contributed by atoms with E-state index < -0.39 is 11.6 Å². The predicted molar refractivity (Wildman–Crippen MR) is 81.7 cm³/mol. The summed E-state index contributed by atoms with van der Waals surface area (Å²) in [4.78, 5) is 4.29. The zero-order valence-electron chi connectivity index (χ0n) is 12.2. The van der Waals surface area contributed by atoms with Crippen LogP contribution in [0.5, 0.6) is 0 Å². The summed E-state index contributed by atoms with van der Waals surface area (Å²) in [5, 5.41) is 8.81. The molecule has 3 rings (SSSR count). The van der Waals surface area contributed by atoms with Crippen molar-refractivity contribution >= 4 is 0 Å². The summed E-state index contributed by atoms with van der Waals surface area (Å²) in [6.07, 6.45) is 3.94. The molecule has 3 aromatic rings. The van der Waals surface area contributed by atoms with Gasteiger partial charge in [-0.2, -0.15) is 5.26 Å². The van der Waals surface area contributed by atoms with Crippen LogP contribution >= 0.6 is 0 Å². The topological polar surface area (TPSA) is 41.6 Å². The van der Waals surface area contributed by atoms with Crippen LogP contribution in [0, 0.1) is 23.0 Å². The molecule has 23 heavy (non-hydrogen) atoms. The van der Waals surface area contributed by atoms with Gasteiger partial charge in [0.25, 0.3) is 0 Å². The number of hydrogen-bond acceptors (Lipinski definition) is 2. The Kier molecular flexibility index (Phi) is 4.15. The molecule has 0 aliphatic rings. The van der Waals surface area contributed by atoms with E-state index in [-0.39, 0.29) is 0 Å². The highest BCUT2D eigenvalue weighted by Gasteiger charge is 2.08. The minimum atomic E-state index is -0.854. The second kappa shape index (κ2) is 6.41. The molecule has 0 atom stereocenters. The molecule has 0 spiro atoms. The van der Waals surface area contributed by atoms with E-state index >= 15 is 0 Å². The minimum absolute atomic E-state index is 0.417. The zero-order chi connectivity index (χ0) is 16.2. The molecular formula is C18H13F2N3. The lowest BCUT2D eigenvalue weighted by Gasteiger charge is -2.08. The maximum atomic E-state index is 13.3. The Bertz CT molecular complexity index is 861. The quantitative estimate of drug-likeness (QED) is 0.738. The smallest absolute Gasteiger partial charge is 0.159 e. The number of hydrogen-bond donors (Lipinski definition) is 0. The third-order valence-electron chi connectivity index (χ3n) is 3.58. The Morgan fingerprint density at radius 1 is 1.00 bits per heavy atom. The Labute approximate surface area is 132 Å². The number of halogens is 2. The molecule has 0 aliphatic carbocycles. The van der Waals surface area contributed by atoms with E-state index in [2.05, 4.69) is 11.1 Å². The molecular weight excluding hydrogens is 296 g/mol. The second-order valence-corrected chi connectivity index (χ2v) is 5.21. The van der Waals surface area contributed by atoms with Gasteiger partial charge in [0.1, 0.15) is 5.82 Å². The summed E-state index contributed by atoms with van der Waals surface area (Å²) in [5.41, 5.74) is 2.31. The van der Waals surface area contributed by atoms with Gasteiger partial charge >= 0.3 is 0 Å². The van der Waals surface area contributed by atoms with Crippen LogP contribution < -0.4 is 0 Å². The Morgan fingerprint density at radius 3 is 2.43 bits per heavy atom. The summed E-state index contributed by atoms with van der Waals surface area (Å²) in [6.45, 7) is 0.602. The Balaban J connectivity index is 1.78. The molecule has 0 N–H and O–H groups in total. The normalized spacial score (nSPS) is 10.5. The molecule has 0 fully saturated rings. The van der Waals surface area contributed by atoms with E-state index in [0.29, 0.717) is 24.1 Å². The summed E-state index contributed by atoms with van der Waals surface area (Å²) in [6, 6.07) is 13.3. The van der Waals surface area contributed by atoms with Crippen LogP contribution in [0.25, 0.3) is 0 Å². The fourth-order valence-electron chi connectivity index (χ4n) is 2.36. The summed E-state index contributed by atoms with van der Waals surface area (Å²) in [5.74, 6) is -0.942. The molecule has 1 heterocycles. The van der Waals surface area contributed by atoms with Crippen LogP contribution in [0.15, 0.2) is 54.9 Å². The number of aromatic nitrogens is 2. The highest BCUT2D eigenvalue weighted by atomic mass is 19.2. The maximum Gasteiger partial charge on any atom is 0.159 e. The van der Waals surface area contributed by atoms with Crippen molar-refractivity contribution in [3.8, 4) is 6.07 Å². The van der Waals surface area contributed by atoms with Gasteiger partial charge in [-0.1, -0.05) is 18.2 Å². The molecule has 1 aromatic heterocycles. The fraction of sp³-hybridized carbons (Fsp3) is 0.111. The second-order valence-electron chi connectivity index (χ2n) is 5.21. The average Bonchev–Trinajstić information content (AvgIpc) is 2.98. The van der Waals surface area contributed by atoms with Gasteiger partial charge in [0.2, 0.25) is 0 Å². The van der Waals surface area contributed by atoms with E-state index in [4.69, 9.17) is 5.26 Å². The van der Waals surface area contributed by atoms with Crippen LogP contribution in [-0.4, -0.2) is 9.55 Å². The molecule has 3 nitrogen and oxygen atoms in total. The molecule has 0 saturated carbocycles. The molecule has 0 radical (unpaired) electrons. The highest BCUT2D eigenvalue weighted by molar-refractivity contribution is 5.32. The molecule has 0 unspecified atom stereocenters. The lowest BCUT2D eigenvalue weighted by atomic mass is 10.1. The lowest BCUT2D eigenvalue weighted by molar-refractivity contribution is 0.507. The van der Waals surface area contributed by atoms with Gasteiger partial charge in [-0.05, 0) is 35.4 Å². The van der Waals surface area contributed by atoms with Gasteiger partial charge in [0.15, 0.2) is 11.6 Å². The number of benzene rings is 2. The van der Waals surface area contributed by atoms with Crippen molar-refractivity contribution in [3.63, 3.8) is 0 Å². The van der Waals surface area contributed by atoms with Crippen molar-refractivity contribution in [2.45, 2.75) is 13.0 Å². The number of rotatable bonds is 4. The van der Waals surface area contributed by atoms with Gasteiger partial charge in [-0.25, -0.2) is 13.8 Å². The molecule has 5 heteroatoms. The summed E-state index contributed by atoms with van der Waals surface area (Å²) < 4.78 is 28.2. The van der Waals surface area contributed by atoms with E-state index in [9.17, 15) is 8.78 Å². The van der Waals surface area contributed by atoms with E-state index in [0.717, 1.165) is 17.5 Å². The first-order chi connectivity index (χ1) is 11.2. The van der Waals surface area contributed by atoms with Gasteiger partial charge in [0, 0.05) is 25.4 Å². The van der Waals surface area contributed by atoms with Crippen LogP contribution in [0.3, 0.4) is 0 Å². The predicted octanol–water partition coefficient (Wildman–Crippen LogP) is 3.67. The van der Waals surface area contributed by atoms with Crippen molar-refractivity contribution < 1.29 is 8.78 Å². The molecule has 2 aromatic carbocycles. The number of nitrogens with zero attached hydrogens (tertiary/aromatic N) is 3. The third-order valence-corrected chi connectivity index (χ3v) is 3.58. The van der Waals surface area contributed by atoms with Crippen molar-refractivity contribution in [2.75, 3.05) is 0 Å². The van der Waals surface area contributed by atoms with Gasteiger partial charge in [-0.15, -0.1) is 0 Å². The summed E-state index contributed by atoms with van der Waals surface area (Å²) >= 11 is 0. The van der Waals surface area contributed by atoms with Crippen molar-refractivity contribution in [3.05, 3.63) is 89.0 Å². The first-order valence-corrected chi connectivity index (χ1v) is 7.08. The van der Waals surface area contributed by atoms with Crippen molar-refractivity contribution in [2.24, 2.45) is 0 Å². The number of nitriles is 1. The minimum Gasteiger partial charge on any atom is -0.330 e. The standard InChI is InChI=1S/C18H13F2N3/c19-16-6-5-15(9-17(16)20)10-18-22-7-8-23(18)12-14-3-1-13(11-21)2-4-14/h1-9H,10,12H2. The van der Waals surface area contributed by atoms with E-state index in [1.807, 2.05) is 22.9 Å². The van der Waals surface area contributed by atoms with Gasteiger partial charge in [-0.3, -0.25) is 0 Å². The van der Waals surface area contributed by atoms with Crippen molar-refractivity contribution in [1.82, 2.24) is 9.55 Å². The van der Waals surface area contributed by atoms with Gasteiger partial charge < -0.3 is 4.57 Å². The summed E-state index contributed by atoms with van der Waals surface area (Å²) in [7, 11) is 0. The average molecular weight is 309 g/mol. The molecule has 0 bridgehead atoms. The van der Waals surface area contributed by atoms with Crippen molar-refractivity contribution in [1.29, 1.82) is 5.26 Å². The monoisotopic (exact) mass is 309 g/mol. The van der Waals surface area contributed by atoms with Crippen LogP contribution in [0.2, 0.25) is 0 Å². The Morgan fingerprint density at radius 2 is 1.74 bits per heavy atom. The third kappa shape index (κ3) is 3.43. The van der Waals surface area contributed by atoms with E-state index in [1.54, 1.807) is 24.4 Å². The number of imidazole rings is 1. The molecule has 0 aliphatic heterocycles. The molecule has 0 amide bonds. The molecule has 114 valence electrons. The fourth-order valence-corrected chi connectivity index (χ4v) is 2.36. The highest BCUT2D eigenvalue weighted by Crippen LogP contribution is 2.14. The SMILES string of the molecule is N#Cc1ccc(Cn2ccnc2Cc2ccc(F)c(F)c2)cc1. The molecule has 0 saturated heterocycles. The lowest BCUT2D eigenvalue weighted by Crippen LogP contribution is -2.05. The zero-order valence-corrected chi connectivity index (χ0v) is 12.2. The maximum absolute atomic E-state index is 13.3. The Hall–Kier alpha value is -3.00. The van der Waals surface area contributed by atoms with E-state index in [1.165, 1.54) is 6.07 Å². The largest absolute Gasteiger partial charge is 0.330 e. The van der Waals surface area contributed by atoms with Gasteiger partial charge in [0.05, 0.1) is 11.6 Å².